The Morgan fingerprint density at radius 3 is 2.94 bits per heavy atom. The van der Waals surface area contributed by atoms with Crippen molar-refractivity contribution in [1.82, 2.24) is 0 Å². The van der Waals surface area contributed by atoms with E-state index in [0.29, 0.717) is 11.0 Å². The number of benzene rings is 1. The lowest BCUT2D eigenvalue weighted by atomic mass is 10.1. The highest BCUT2D eigenvalue weighted by Gasteiger charge is 2.22. The molecule has 0 aliphatic carbocycles. The highest BCUT2D eigenvalue weighted by Crippen LogP contribution is 2.27. The van der Waals surface area contributed by atoms with E-state index >= 15 is 0 Å². The van der Waals surface area contributed by atoms with Crippen molar-refractivity contribution in [3.05, 3.63) is 28.2 Å². The van der Waals surface area contributed by atoms with Crippen LogP contribution >= 0.6 is 28.1 Å². The third-order valence-corrected chi connectivity index (χ3v) is 3.77. The number of rotatable bonds is 3. The molecule has 0 spiro atoms. The van der Waals surface area contributed by atoms with Crippen molar-refractivity contribution in [2.45, 2.75) is 12.5 Å². The van der Waals surface area contributed by atoms with Crippen LogP contribution in [0.5, 0.6) is 0 Å². The number of hydrogen-bond acceptors (Lipinski definition) is 3. The number of anilines is 1. The summed E-state index contributed by atoms with van der Waals surface area (Å²) < 4.78 is 6.39. The van der Waals surface area contributed by atoms with E-state index in [1.807, 2.05) is 18.2 Å². The molecule has 0 amide bonds. The van der Waals surface area contributed by atoms with Gasteiger partial charge in [-0.2, -0.15) is 0 Å². The fourth-order valence-corrected chi connectivity index (χ4v) is 2.56. The normalized spacial score (nSPS) is 19.3. The van der Waals surface area contributed by atoms with Gasteiger partial charge in [0, 0.05) is 29.4 Å². The van der Waals surface area contributed by atoms with E-state index in [-0.39, 0.29) is 0 Å². The molecule has 1 heterocycles. The van der Waals surface area contributed by atoms with Crippen LogP contribution in [0.1, 0.15) is 12.0 Å². The van der Waals surface area contributed by atoms with Crippen molar-refractivity contribution in [1.29, 1.82) is 0 Å². The molecular formula is C12H15BrN2OS. The number of likely N-dealkylation sites (N-methyl/N-ethyl adjacent to an activating group) is 1. The highest BCUT2D eigenvalue weighted by molar-refractivity contribution is 9.10. The number of nitrogens with two attached hydrogens (primary N) is 1. The van der Waals surface area contributed by atoms with Gasteiger partial charge < -0.3 is 15.4 Å². The van der Waals surface area contributed by atoms with Crippen LogP contribution in [0.2, 0.25) is 0 Å². The molecule has 1 aromatic carbocycles. The number of ether oxygens (including phenoxy) is 1. The van der Waals surface area contributed by atoms with E-state index in [0.717, 1.165) is 35.4 Å². The summed E-state index contributed by atoms with van der Waals surface area (Å²) in [4.78, 5) is 2.63. The summed E-state index contributed by atoms with van der Waals surface area (Å²) in [6.07, 6.45) is 1.04. The SMILES string of the molecule is CN(c1ccc(Br)cc1C(N)=S)C1CCOC1. The van der Waals surface area contributed by atoms with Crippen molar-refractivity contribution < 1.29 is 4.74 Å². The second-order valence-electron chi connectivity index (χ2n) is 4.15. The monoisotopic (exact) mass is 314 g/mol. The second-order valence-corrected chi connectivity index (χ2v) is 5.51. The summed E-state index contributed by atoms with van der Waals surface area (Å²) >= 11 is 8.54. The molecule has 0 saturated carbocycles. The molecule has 1 aliphatic heterocycles. The molecular weight excluding hydrogens is 300 g/mol. The quantitative estimate of drug-likeness (QED) is 0.869. The molecule has 92 valence electrons. The third kappa shape index (κ3) is 2.78. The molecule has 1 saturated heterocycles. The molecule has 1 fully saturated rings. The molecule has 1 unspecified atom stereocenters. The summed E-state index contributed by atoms with van der Waals surface area (Å²) in [6.45, 7) is 1.59. The molecule has 0 bridgehead atoms. The molecule has 0 radical (unpaired) electrons. The second kappa shape index (κ2) is 5.33. The Balaban J connectivity index is 2.33. The third-order valence-electron chi connectivity index (χ3n) is 3.06. The van der Waals surface area contributed by atoms with Crippen LogP contribution in [0.3, 0.4) is 0 Å². The standard InChI is InChI=1S/C12H15BrN2OS/c1-15(9-4-5-16-7-9)11-3-2-8(13)6-10(11)12(14)17/h2-3,6,9H,4-5,7H2,1H3,(H2,14,17). The Morgan fingerprint density at radius 1 is 1.59 bits per heavy atom. The van der Waals surface area contributed by atoms with Crippen molar-refractivity contribution in [2.24, 2.45) is 5.73 Å². The average molecular weight is 315 g/mol. The van der Waals surface area contributed by atoms with E-state index in [2.05, 4.69) is 27.9 Å². The zero-order chi connectivity index (χ0) is 12.4. The van der Waals surface area contributed by atoms with Gasteiger partial charge in [0.15, 0.2) is 0 Å². The lowest BCUT2D eigenvalue weighted by molar-refractivity contribution is 0.193. The fourth-order valence-electron chi connectivity index (χ4n) is 2.04. The first-order chi connectivity index (χ1) is 8.09. The summed E-state index contributed by atoms with van der Waals surface area (Å²) in [5, 5.41) is 0. The minimum Gasteiger partial charge on any atom is -0.389 e. The summed E-state index contributed by atoms with van der Waals surface area (Å²) in [5.74, 6) is 0. The van der Waals surface area contributed by atoms with Crippen molar-refractivity contribution in [2.75, 3.05) is 25.2 Å². The number of hydrogen-bond donors (Lipinski definition) is 1. The van der Waals surface area contributed by atoms with Crippen LogP contribution in [0.4, 0.5) is 5.69 Å². The Kier molecular flexibility index (Phi) is 4.01. The first-order valence-electron chi connectivity index (χ1n) is 5.49. The Hall–Kier alpha value is -0.650. The minimum absolute atomic E-state index is 0.407. The Morgan fingerprint density at radius 2 is 2.35 bits per heavy atom. The molecule has 0 aromatic heterocycles. The molecule has 2 rings (SSSR count). The van der Waals surface area contributed by atoms with Crippen molar-refractivity contribution in [3.63, 3.8) is 0 Å². The molecule has 17 heavy (non-hydrogen) atoms. The zero-order valence-electron chi connectivity index (χ0n) is 9.65. The van der Waals surface area contributed by atoms with E-state index in [1.54, 1.807) is 0 Å². The van der Waals surface area contributed by atoms with E-state index < -0.39 is 0 Å². The largest absolute Gasteiger partial charge is 0.389 e. The number of nitrogens with zero attached hydrogens (tertiary/aromatic N) is 1. The van der Waals surface area contributed by atoms with Crippen molar-refractivity contribution in [3.8, 4) is 0 Å². The zero-order valence-corrected chi connectivity index (χ0v) is 12.1. The van der Waals surface area contributed by atoms with Crippen LogP contribution in [0.15, 0.2) is 22.7 Å². The van der Waals surface area contributed by atoms with Gasteiger partial charge >= 0.3 is 0 Å². The van der Waals surface area contributed by atoms with Gasteiger partial charge in [-0.25, -0.2) is 0 Å². The molecule has 1 atom stereocenters. The molecule has 2 N–H and O–H groups in total. The lowest BCUT2D eigenvalue weighted by Gasteiger charge is -2.27. The van der Waals surface area contributed by atoms with Crippen LogP contribution in [0.25, 0.3) is 0 Å². The Bertz CT molecular complexity index is 433. The summed E-state index contributed by atoms with van der Waals surface area (Å²) in [5.41, 5.74) is 7.74. The Labute approximate surface area is 115 Å². The average Bonchev–Trinajstić information content (AvgIpc) is 2.81. The highest BCUT2D eigenvalue weighted by atomic mass is 79.9. The lowest BCUT2D eigenvalue weighted by Crippen LogP contribution is -2.33. The predicted molar refractivity (Wildman–Crippen MR) is 77.7 cm³/mol. The van der Waals surface area contributed by atoms with Gasteiger partial charge in [0.05, 0.1) is 12.6 Å². The van der Waals surface area contributed by atoms with Gasteiger partial charge in [-0.05, 0) is 24.6 Å². The van der Waals surface area contributed by atoms with Gasteiger partial charge in [0.25, 0.3) is 0 Å². The molecule has 1 aromatic rings. The van der Waals surface area contributed by atoms with Gasteiger partial charge in [-0.3, -0.25) is 0 Å². The maximum atomic E-state index is 5.77. The smallest absolute Gasteiger partial charge is 0.106 e. The van der Waals surface area contributed by atoms with Gasteiger partial charge in [-0.15, -0.1) is 0 Å². The maximum absolute atomic E-state index is 5.77. The van der Waals surface area contributed by atoms with E-state index in [9.17, 15) is 0 Å². The molecule has 3 nitrogen and oxygen atoms in total. The van der Waals surface area contributed by atoms with Gasteiger partial charge in [0.1, 0.15) is 4.99 Å². The first-order valence-corrected chi connectivity index (χ1v) is 6.69. The summed E-state index contributed by atoms with van der Waals surface area (Å²) in [7, 11) is 2.06. The van der Waals surface area contributed by atoms with Crippen LogP contribution in [-0.4, -0.2) is 31.3 Å². The molecule has 1 aliphatic rings. The van der Waals surface area contributed by atoms with Gasteiger partial charge in [-0.1, -0.05) is 28.1 Å². The van der Waals surface area contributed by atoms with Crippen LogP contribution in [-0.2, 0) is 4.74 Å². The number of halogens is 1. The predicted octanol–water partition coefficient (Wildman–Crippen LogP) is 2.31. The van der Waals surface area contributed by atoms with Gasteiger partial charge in [0.2, 0.25) is 0 Å². The van der Waals surface area contributed by atoms with Crippen molar-refractivity contribution >= 4 is 38.8 Å². The molecule has 5 heteroatoms. The van der Waals surface area contributed by atoms with E-state index in [4.69, 9.17) is 22.7 Å². The summed E-state index contributed by atoms with van der Waals surface area (Å²) in [6, 6.07) is 6.41. The van der Waals surface area contributed by atoms with E-state index in [1.165, 1.54) is 0 Å². The first kappa shape index (κ1) is 12.8. The topological polar surface area (TPSA) is 38.5 Å². The van der Waals surface area contributed by atoms with Crippen LogP contribution in [0, 0.1) is 0 Å². The number of thiocarbonyl (C=S) groups is 1. The van der Waals surface area contributed by atoms with Crippen LogP contribution < -0.4 is 10.6 Å². The minimum atomic E-state index is 0.407. The maximum Gasteiger partial charge on any atom is 0.106 e. The fraction of sp³-hybridized carbons (Fsp3) is 0.417.